The molecule has 2 aromatic rings. The molecule has 5 rings (SSSR count). The highest BCUT2D eigenvalue weighted by atomic mass is 16.5. The molecule has 1 heterocycles. The van der Waals surface area contributed by atoms with Crippen molar-refractivity contribution in [3.63, 3.8) is 0 Å². The van der Waals surface area contributed by atoms with E-state index < -0.39 is 5.92 Å². The fourth-order valence-corrected chi connectivity index (χ4v) is 5.06. The first kappa shape index (κ1) is 18.0. The zero-order valence-corrected chi connectivity index (χ0v) is 16.9. The number of carbonyl (C=O) groups excluding carboxylic acids is 2. The molecule has 4 heteroatoms. The van der Waals surface area contributed by atoms with Gasteiger partial charge in [-0.15, -0.1) is 0 Å². The normalized spacial score (nSPS) is 24.6. The summed E-state index contributed by atoms with van der Waals surface area (Å²) in [7, 11) is 1.63. The van der Waals surface area contributed by atoms with Gasteiger partial charge in [0.05, 0.1) is 18.7 Å². The topological polar surface area (TPSA) is 55.7 Å². The lowest BCUT2D eigenvalue weighted by molar-refractivity contribution is -0.118. The fourth-order valence-electron chi connectivity index (χ4n) is 5.06. The van der Waals surface area contributed by atoms with Crippen LogP contribution in [-0.4, -0.2) is 24.4 Å². The quantitative estimate of drug-likeness (QED) is 0.750. The predicted octanol–water partition coefficient (Wildman–Crippen LogP) is 4.74. The lowest BCUT2D eigenvalue weighted by Crippen LogP contribution is -2.37. The Morgan fingerprint density at radius 1 is 0.931 bits per heavy atom. The number of rotatable bonds is 2. The SMILES string of the molecule is COc1ccc([C@H]2C3=C(CC(C)(C)CC3=O)N=C3c4ccccc4C(=O)[C@@H]32)cc1. The first-order valence-electron chi connectivity index (χ1n) is 10.0. The third-order valence-electron chi connectivity index (χ3n) is 6.32. The summed E-state index contributed by atoms with van der Waals surface area (Å²) in [5.41, 5.74) is 4.84. The van der Waals surface area contributed by atoms with Crippen LogP contribution in [0, 0.1) is 11.3 Å². The number of methoxy groups -OCH3 is 1. The number of Topliss-reactive ketones (excluding diaryl/α,β-unsaturated/α-hetero) is 2. The number of aliphatic imine (C=N–C) groups is 1. The van der Waals surface area contributed by atoms with Crippen molar-refractivity contribution >= 4 is 17.3 Å². The summed E-state index contributed by atoms with van der Waals surface area (Å²) in [5.74, 6) is 0.189. The Kier molecular flexibility index (Phi) is 3.89. The zero-order valence-electron chi connectivity index (χ0n) is 16.9. The first-order chi connectivity index (χ1) is 13.9. The average Bonchev–Trinajstić information content (AvgIpc) is 2.98. The molecular formula is C25H23NO3. The lowest BCUT2D eigenvalue weighted by Gasteiger charge is -2.38. The second-order valence-electron chi connectivity index (χ2n) is 8.94. The Balaban J connectivity index is 1.74. The van der Waals surface area contributed by atoms with Crippen molar-refractivity contribution in [2.75, 3.05) is 7.11 Å². The van der Waals surface area contributed by atoms with E-state index in [1.165, 1.54) is 0 Å². The molecule has 0 bridgehead atoms. The average molecular weight is 385 g/mol. The van der Waals surface area contributed by atoms with Gasteiger partial charge in [0.1, 0.15) is 5.75 Å². The molecule has 146 valence electrons. The number of fused-ring (bicyclic) bond motifs is 3. The van der Waals surface area contributed by atoms with E-state index in [2.05, 4.69) is 13.8 Å². The Bertz CT molecular complexity index is 1110. The number of carbonyl (C=O) groups is 2. The molecule has 0 unspecified atom stereocenters. The lowest BCUT2D eigenvalue weighted by atomic mass is 9.66. The van der Waals surface area contributed by atoms with Crippen LogP contribution in [0.25, 0.3) is 0 Å². The molecule has 0 N–H and O–H groups in total. The van der Waals surface area contributed by atoms with Gasteiger partial charge in [-0.2, -0.15) is 0 Å². The van der Waals surface area contributed by atoms with Crippen LogP contribution >= 0.6 is 0 Å². The van der Waals surface area contributed by atoms with Crippen LogP contribution in [0.1, 0.15) is 54.1 Å². The second kappa shape index (κ2) is 6.24. The molecule has 0 fully saturated rings. The van der Waals surface area contributed by atoms with Crippen molar-refractivity contribution in [1.29, 1.82) is 0 Å². The molecule has 0 aromatic heterocycles. The van der Waals surface area contributed by atoms with Gasteiger partial charge in [-0.3, -0.25) is 14.6 Å². The van der Waals surface area contributed by atoms with Gasteiger partial charge in [0.15, 0.2) is 11.6 Å². The van der Waals surface area contributed by atoms with Crippen LogP contribution in [0.4, 0.5) is 0 Å². The van der Waals surface area contributed by atoms with E-state index in [1.54, 1.807) is 7.11 Å². The van der Waals surface area contributed by atoms with Crippen molar-refractivity contribution in [3.05, 3.63) is 76.5 Å². The van der Waals surface area contributed by atoms with E-state index >= 15 is 0 Å². The summed E-state index contributed by atoms with van der Waals surface area (Å²) in [4.78, 5) is 31.6. The number of benzene rings is 2. The van der Waals surface area contributed by atoms with E-state index in [0.29, 0.717) is 12.0 Å². The number of allylic oxidation sites excluding steroid dienone is 2. The van der Waals surface area contributed by atoms with Gasteiger partial charge in [-0.05, 0) is 29.5 Å². The van der Waals surface area contributed by atoms with Gasteiger partial charge < -0.3 is 4.74 Å². The van der Waals surface area contributed by atoms with Crippen LogP contribution in [-0.2, 0) is 4.79 Å². The van der Waals surface area contributed by atoms with Gasteiger partial charge >= 0.3 is 0 Å². The minimum atomic E-state index is -0.440. The highest BCUT2D eigenvalue weighted by Gasteiger charge is 2.50. The Morgan fingerprint density at radius 3 is 2.31 bits per heavy atom. The monoisotopic (exact) mass is 385 g/mol. The van der Waals surface area contributed by atoms with E-state index in [-0.39, 0.29) is 22.9 Å². The minimum absolute atomic E-state index is 0.0596. The third kappa shape index (κ3) is 2.70. The molecule has 4 nitrogen and oxygen atoms in total. The van der Waals surface area contributed by atoms with E-state index in [0.717, 1.165) is 40.3 Å². The number of hydrogen-bond acceptors (Lipinski definition) is 4. The summed E-state index contributed by atoms with van der Waals surface area (Å²) in [6, 6.07) is 15.4. The maximum absolute atomic E-state index is 13.4. The van der Waals surface area contributed by atoms with Crippen molar-refractivity contribution in [1.82, 2.24) is 0 Å². The molecule has 3 aliphatic rings. The molecule has 0 amide bonds. The van der Waals surface area contributed by atoms with E-state index in [9.17, 15) is 9.59 Å². The number of nitrogens with zero attached hydrogens (tertiary/aromatic N) is 1. The molecule has 0 saturated heterocycles. The summed E-state index contributed by atoms with van der Waals surface area (Å²) in [5, 5.41) is 0. The fraction of sp³-hybridized carbons (Fsp3) is 0.320. The van der Waals surface area contributed by atoms with Crippen molar-refractivity contribution < 1.29 is 14.3 Å². The summed E-state index contributed by atoms with van der Waals surface area (Å²) in [6.07, 6.45) is 1.23. The molecule has 29 heavy (non-hydrogen) atoms. The second-order valence-corrected chi connectivity index (χ2v) is 8.94. The van der Waals surface area contributed by atoms with Crippen LogP contribution in [0.5, 0.6) is 5.75 Å². The Morgan fingerprint density at radius 2 is 1.62 bits per heavy atom. The summed E-state index contributed by atoms with van der Waals surface area (Å²) in [6.45, 7) is 4.22. The molecule has 0 saturated carbocycles. The molecule has 2 aliphatic carbocycles. The van der Waals surface area contributed by atoms with Gasteiger partial charge in [-0.1, -0.05) is 50.2 Å². The summed E-state index contributed by atoms with van der Waals surface area (Å²) < 4.78 is 5.30. The van der Waals surface area contributed by atoms with Crippen LogP contribution < -0.4 is 4.74 Å². The molecule has 2 atom stereocenters. The smallest absolute Gasteiger partial charge is 0.173 e. The van der Waals surface area contributed by atoms with Gasteiger partial charge in [-0.25, -0.2) is 0 Å². The van der Waals surface area contributed by atoms with Crippen LogP contribution in [0.2, 0.25) is 0 Å². The van der Waals surface area contributed by atoms with E-state index in [1.807, 2.05) is 48.5 Å². The Hall–Kier alpha value is -3.01. The molecule has 0 radical (unpaired) electrons. The highest BCUT2D eigenvalue weighted by molar-refractivity contribution is 6.30. The van der Waals surface area contributed by atoms with Gasteiger partial charge in [0.25, 0.3) is 0 Å². The van der Waals surface area contributed by atoms with Crippen LogP contribution in [0.3, 0.4) is 0 Å². The van der Waals surface area contributed by atoms with Crippen molar-refractivity contribution in [2.45, 2.75) is 32.6 Å². The largest absolute Gasteiger partial charge is 0.497 e. The maximum Gasteiger partial charge on any atom is 0.173 e. The minimum Gasteiger partial charge on any atom is -0.497 e. The molecular weight excluding hydrogens is 362 g/mol. The van der Waals surface area contributed by atoms with Crippen LogP contribution in [0.15, 0.2) is 64.8 Å². The van der Waals surface area contributed by atoms with E-state index in [4.69, 9.17) is 9.73 Å². The molecule has 1 aliphatic heterocycles. The predicted molar refractivity (Wildman–Crippen MR) is 112 cm³/mol. The summed E-state index contributed by atoms with van der Waals surface area (Å²) >= 11 is 0. The zero-order chi connectivity index (χ0) is 20.3. The number of ketones is 2. The standard InChI is InChI=1S/C25H23NO3/c1-25(2)12-18-21(19(27)13-25)20(14-8-10-15(29-3)11-9-14)22-23(26-18)16-6-4-5-7-17(16)24(22)28/h4-11,20,22H,12-13H2,1-3H3/t20-,22+/m0/s1. The van der Waals surface area contributed by atoms with Gasteiger partial charge in [0.2, 0.25) is 0 Å². The third-order valence-corrected chi connectivity index (χ3v) is 6.32. The molecule has 2 aromatic carbocycles. The number of hydrogen-bond donors (Lipinski definition) is 0. The van der Waals surface area contributed by atoms with Crippen molar-refractivity contribution in [3.8, 4) is 5.75 Å². The van der Waals surface area contributed by atoms with Crippen molar-refractivity contribution in [2.24, 2.45) is 16.3 Å². The maximum atomic E-state index is 13.4. The Labute approximate surface area is 170 Å². The first-order valence-corrected chi connectivity index (χ1v) is 10.0. The van der Waals surface area contributed by atoms with Gasteiger partial charge in [0, 0.05) is 34.7 Å². The molecule has 0 spiro atoms. The number of ether oxygens (including phenoxy) is 1. The highest BCUT2D eigenvalue weighted by Crippen LogP contribution is 2.51.